The van der Waals surface area contributed by atoms with Gasteiger partial charge in [-0.3, -0.25) is 0 Å². The SMILES string of the molecule is COC(=O)C(C)O[C@@H]1OC(CO)[C@@H](O)[C@H](O)C1O. The number of carbonyl (C=O) groups is 1. The predicted molar refractivity (Wildman–Crippen MR) is 56.3 cm³/mol. The molecule has 4 N–H and O–H groups in total. The van der Waals surface area contributed by atoms with E-state index in [0.717, 1.165) is 0 Å². The standard InChI is InChI=1S/C10H18O8/c1-4(9(15)16-2)17-10-8(14)7(13)6(12)5(3-11)18-10/h4-8,10-14H,3H2,1-2H3/t4?,5?,6-,7+,8?,10-/m1/s1. The zero-order valence-corrected chi connectivity index (χ0v) is 10.1. The molecule has 1 rings (SSSR count). The van der Waals surface area contributed by atoms with E-state index < -0.39 is 49.4 Å². The number of methoxy groups -OCH3 is 1. The molecule has 0 aromatic carbocycles. The highest BCUT2D eigenvalue weighted by atomic mass is 16.7. The summed E-state index contributed by atoms with van der Waals surface area (Å²) in [6.45, 7) is 0.824. The molecule has 1 fully saturated rings. The van der Waals surface area contributed by atoms with Gasteiger partial charge in [0.2, 0.25) is 0 Å². The van der Waals surface area contributed by atoms with E-state index in [2.05, 4.69) is 4.74 Å². The van der Waals surface area contributed by atoms with Crippen molar-refractivity contribution in [2.75, 3.05) is 13.7 Å². The average molecular weight is 266 g/mol. The third-order valence-corrected chi connectivity index (χ3v) is 2.72. The average Bonchev–Trinajstić information content (AvgIpc) is 2.38. The van der Waals surface area contributed by atoms with Crippen molar-refractivity contribution < 1.29 is 39.4 Å². The zero-order valence-electron chi connectivity index (χ0n) is 10.1. The van der Waals surface area contributed by atoms with Crippen LogP contribution in [0.15, 0.2) is 0 Å². The second-order valence-electron chi connectivity index (χ2n) is 4.00. The molecule has 8 nitrogen and oxygen atoms in total. The molecule has 3 unspecified atom stereocenters. The molecule has 1 aliphatic rings. The van der Waals surface area contributed by atoms with Gasteiger partial charge in [-0.05, 0) is 6.92 Å². The Bertz CT molecular complexity index is 281. The van der Waals surface area contributed by atoms with E-state index in [-0.39, 0.29) is 0 Å². The van der Waals surface area contributed by atoms with Gasteiger partial charge in [-0.15, -0.1) is 0 Å². The van der Waals surface area contributed by atoms with Crippen LogP contribution in [0.4, 0.5) is 0 Å². The number of hydrogen-bond acceptors (Lipinski definition) is 8. The number of esters is 1. The van der Waals surface area contributed by atoms with Gasteiger partial charge < -0.3 is 34.6 Å². The van der Waals surface area contributed by atoms with E-state index in [0.29, 0.717) is 0 Å². The second-order valence-corrected chi connectivity index (χ2v) is 4.00. The largest absolute Gasteiger partial charge is 0.467 e. The molecular weight excluding hydrogens is 248 g/mol. The number of rotatable bonds is 4. The minimum atomic E-state index is -1.54. The highest BCUT2D eigenvalue weighted by Crippen LogP contribution is 2.22. The Balaban J connectivity index is 2.67. The predicted octanol–water partition coefficient (Wildman–Crippen LogP) is -2.64. The highest BCUT2D eigenvalue weighted by Gasteiger charge is 2.45. The number of hydrogen-bond donors (Lipinski definition) is 4. The molecule has 0 radical (unpaired) electrons. The van der Waals surface area contributed by atoms with Gasteiger partial charge in [0, 0.05) is 0 Å². The molecule has 6 atom stereocenters. The van der Waals surface area contributed by atoms with Gasteiger partial charge in [-0.2, -0.15) is 0 Å². The van der Waals surface area contributed by atoms with E-state index in [9.17, 15) is 20.1 Å². The van der Waals surface area contributed by atoms with Gasteiger partial charge in [0.05, 0.1) is 13.7 Å². The summed E-state index contributed by atoms with van der Waals surface area (Å²) >= 11 is 0. The first-order valence-electron chi connectivity index (χ1n) is 5.46. The van der Waals surface area contributed by atoms with Gasteiger partial charge in [0.1, 0.15) is 24.4 Å². The lowest BCUT2D eigenvalue weighted by atomic mass is 9.99. The Hall–Kier alpha value is -0.770. The first-order chi connectivity index (χ1) is 8.42. The first kappa shape index (κ1) is 15.3. The minimum Gasteiger partial charge on any atom is -0.467 e. The van der Waals surface area contributed by atoms with Crippen molar-refractivity contribution >= 4 is 5.97 Å². The van der Waals surface area contributed by atoms with Crippen molar-refractivity contribution in [1.82, 2.24) is 0 Å². The molecule has 0 aromatic heterocycles. The molecule has 18 heavy (non-hydrogen) atoms. The summed E-state index contributed by atoms with van der Waals surface area (Å²) < 4.78 is 14.6. The van der Waals surface area contributed by atoms with Crippen molar-refractivity contribution in [3.63, 3.8) is 0 Å². The molecule has 1 aliphatic heterocycles. The van der Waals surface area contributed by atoms with Crippen molar-refractivity contribution in [3.05, 3.63) is 0 Å². The maximum Gasteiger partial charge on any atom is 0.334 e. The Morgan fingerprint density at radius 1 is 1.28 bits per heavy atom. The lowest BCUT2D eigenvalue weighted by Gasteiger charge is -2.40. The molecule has 0 spiro atoms. The normalized spacial score (nSPS) is 38.2. The maximum atomic E-state index is 11.1. The van der Waals surface area contributed by atoms with Crippen LogP contribution in [-0.4, -0.2) is 76.9 Å². The number of carbonyl (C=O) groups excluding carboxylic acids is 1. The van der Waals surface area contributed by atoms with Crippen LogP contribution in [0.5, 0.6) is 0 Å². The van der Waals surface area contributed by atoms with Crippen LogP contribution in [0.2, 0.25) is 0 Å². The summed E-state index contributed by atoms with van der Waals surface area (Å²) in [6.07, 6.45) is -7.96. The smallest absolute Gasteiger partial charge is 0.334 e. The number of ether oxygens (including phenoxy) is 3. The van der Waals surface area contributed by atoms with Gasteiger partial charge in [-0.25, -0.2) is 4.79 Å². The fourth-order valence-corrected chi connectivity index (χ4v) is 1.60. The lowest BCUT2D eigenvalue weighted by molar-refractivity contribution is -0.308. The Kier molecular flexibility index (Phi) is 5.45. The molecule has 106 valence electrons. The summed E-state index contributed by atoms with van der Waals surface area (Å²) in [7, 11) is 1.18. The minimum absolute atomic E-state index is 0.558. The highest BCUT2D eigenvalue weighted by molar-refractivity contribution is 5.73. The molecule has 8 heteroatoms. The molecule has 1 saturated heterocycles. The van der Waals surface area contributed by atoms with E-state index in [1.54, 1.807) is 0 Å². The molecule has 0 bridgehead atoms. The molecule has 0 aromatic rings. The summed E-state index contributed by atoms with van der Waals surface area (Å²) in [5.41, 5.74) is 0. The summed E-state index contributed by atoms with van der Waals surface area (Å²) in [4.78, 5) is 11.1. The van der Waals surface area contributed by atoms with Crippen LogP contribution in [0, 0.1) is 0 Å². The van der Waals surface area contributed by atoms with Crippen molar-refractivity contribution in [2.24, 2.45) is 0 Å². The Morgan fingerprint density at radius 3 is 2.39 bits per heavy atom. The van der Waals surface area contributed by atoms with E-state index in [1.165, 1.54) is 14.0 Å². The van der Waals surface area contributed by atoms with Crippen LogP contribution in [0.3, 0.4) is 0 Å². The first-order valence-corrected chi connectivity index (χ1v) is 5.46. The van der Waals surface area contributed by atoms with Crippen LogP contribution < -0.4 is 0 Å². The topological polar surface area (TPSA) is 126 Å². The van der Waals surface area contributed by atoms with Gasteiger partial charge >= 0.3 is 5.97 Å². The maximum absolute atomic E-state index is 11.1. The summed E-state index contributed by atoms with van der Waals surface area (Å²) in [5.74, 6) is -0.674. The van der Waals surface area contributed by atoms with Crippen molar-refractivity contribution in [3.8, 4) is 0 Å². The van der Waals surface area contributed by atoms with Gasteiger partial charge in [0.15, 0.2) is 12.4 Å². The fraction of sp³-hybridized carbons (Fsp3) is 0.900. The van der Waals surface area contributed by atoms with Gasteiger partial charge in [-0.1, -0.05) is 0 Å². The van der Waals surface area contributed by atoms with Crippen LogP contribution >= 0.6 is 0 Å². The molecule has 0 saturated carbocycles. The van der Waals surface area contributed by atoms with E-state index in [4.69, 9.17) is 14.6 Å². The molecular formula is C10H18O8. The fourth-order valence-electron chi connectivity index (χ4n) is 1.60. The van der Waals surface area contributed by atoms with Crippen LogP contribution in [-0.2, 0) is 19.0 Å². The van der Waals surface area contributed by atoms with Crippen LogP contribution in [0.25, 0.3) is 0 Å². The van der Waals surface area contributed by atoms with Gasteiger partial charge in [0.25, 0.3) is 0 Å². The molecule has 0 aliphatic carbocycles. The van der Waals surface area contributed by atoms with Crippen molar-refractivity contribution in [2.45, 2.75) is 43.7 Å². The third-order valence-electron chi connectivity index (χ3n) is 2.72. The van der Waals surface area contributed by atoms with E-state index in [1.807, 2.05) is 0 Å². The Labute approximate surface area is 104 Å². The number of aliphatic hydroxyl groups is 4. The Morgan fingerprint density at radius 2 is 1.89 bits per heavy atom. The molecule has 0 amide bonds. The quantitative estimate of drug-likeness (QED) is 0.407. The van der Waals surface area contributed by atoms with Crippen molar-refractivity contribution in [1.29, 1.82) is 0 Å². The zero-order chi connectivity index (χ0) is 13.9. The third kappa shape index (κ3) is 3.16. The monoisotopic (exact) mass is 266 g/mol. The second kappa shape index (κ2) is 6.41. The molecule has 1 heterocycles. The lowest BCUT2D eigenvalue weighted by Crippen LogP contribution is -2.59. The van der Waals surface area contributed by atoms with E-state index >= 15 is 0 Å². The van der Waals surface area contributed by atoms with Crippen LogP contribution in [0.1, 0.15) is 6.92 Å². The number of aliphatic hydroxyl groups excluding tert-OH is 4. The summed E-state index contributed by atoms with van der Waals surface area (Å²) in [6, 6.07) is 0. The summed E-state index contributed by atoms with van der Waals surface area (Å²) in [5, 5.41) is 37.6.